The van der Waals surface area contributed by atoms with Crippen molar-refractivity contribution in [3.05, 3.63) is 35.9 Å². The van der Waals surface area contributed by atoms with E-state index in [0.717, 1.165) is 6.54 Å². The molecule has 2 rings (SSSR count). The van der Waals surface area contributed by atoms with Crippen LogP contribution in [0.4, 0.5) is 4.79 Å². The van der Waals surface area contributed by atoms with E-state index >= 15 is 0 Å². The van der Waals surface area contributed by atoms with Gasteiger partial charge in [-0.05, 0) is 58.6 Å². The molecule has 1 aliphatic heterocycles. The van der Waals surface area contributed by atoms with Gasteiger partial charge in [0.2, 0.25) is 0 Å². The quantitative estimate of drug-likeness (QED) is 0.727. The molecule has 1 aliphatic rings. The SMILES string of the molecule is CC(C)(C)OC(=O)N1CCCC1(CCCNCc1ccccc1)C(=O)O. The standard InChI is InChI=1S/C20H30N2O4/c1-19(2,3)26-18(25)22-14-8-12-20(22,17(23)24)11-7-13-21-15-16-9-5-4-6-10-16/h4-6,9-10,21H,7-8,11-15H2,1-3H3,(H,23,24). The number of likely N-dealkylation sites (tertiary alicyclic amines) is 1. The Hall–Kier alpha value is -2.08. The van der Waals surface area contributed by atoms with Crippen LogP contribution in [0.3, 0.4) is 0 Å². The van der Waals surface area contributed by atoms with Crippen LogP contribution in [0.15, 0.2) is 30.3 Å². The third kappa shape index (κ3) is 5.21. The molecule has 1 aromatic carbocycles. The van der Waals surface area contributed by atoms with Crippen LogP contribution in [0.25, 0.3) is 0 Å². The fourth-order valence-electron chi connectivity index (χ4n) is 3.39. The summed E-state index contributed by atoms with van der Waals surface area (Å²) in [7, 11) is 0. The minimum Gasteiger partial charge on any atom is -0.479 e. The average molecular weight is 362 g/mol. The smallest absolute Gasteiger partial charge is 0.411 e. The van der Waals surface area contributed by atoms with E-state index in [0.29, 0.717) is 38.8 Å². The lowest BCUT2D eigenvalue weighted by atomic mass is 9.90. The summed E-state index contributed by atoms with van der Waals surface area (Å²) in [6.07, 6.45) is 1.72. The van der Waals surface area contributed by atoms with Crippen molar-refractivity contribution in [3.63, 3.8) is 0 Å². The van der Waals surface area contributed by atoms with Gasteiger partial charge in [0.05, 0.1) is 0 Å². The second-order valence-electron chi connectivity index (χ2n) is 7.84. The zero-order valence-corrected chi connectivity index (χ0v) is 16.0. The molecule has 26 heavy (non-hydrogen) atoms. The largest absolute Gasteiger partial charge is 0.479 e. The van der Waals surface area contributed by atoms with E-state index in [4.69, 9.17) is 4.74 Å². The third-order valence-electron chi connectivity index (χ3n) is 4.62. The van der Waals surface area contributed by atoms with Crippen LogP contribution in [0, 0.1) is 0 Å². The van der Waals surface area contributed by atoms with E-state index in [2.05, 4.69) is 5.32 Å². The van der Waals surface area contributed by atoms with E-state index < -0.39 is 23.2 Å². The number of carboxylic acid groups (broad SMARTS) is 1. The highest BCUT2D eigenvalue weighted by Crippen LogP contribution is 2.35. The van der Waals surface area contributed by atoms with Crippen LogP contribution in [0.5, 0.6) is 0 Å². The summed E-state index contributed by atoms with van der Waals surface area (Å²) in [5, 5.41) is 13.2. The third-order valence-corrected chi connectivity index (χ3v) is 4.62. The summed E-state index contributed by atoms with van der Waals surface area (Å²) in [4.78, 5) is 25.9. The molecule has 1 unspecified atom stereocenters. The Kier molecular flexibility index (Phi) is 6.64. The summed E-state index contributed by atoms with van der Waals surface area (Å²) >= 11 is 0. The number of carbonyl (C=O) groups excluding carboxylic acids is 1. The van der Waals surface area contributed by atoms with Crippen LogP contribution in [-0.2, 0) is 16.1 Å². The maximum atomic E-state index is 12.5. The number of hydrogen-bond acceptors (Lipinski definition) is 4. The summed E-state index contributed by atoms with van der Waals surface area (Å²) in [6, 6.07) is 10.1. The number of carboxylic acids is 1. The van der Waals surface area contributed by atoms with Crippen LogP contribution < -0.4 is 5.32 Å². The molecule has 0 aliphatic carbocycles. The Bertz CT molecular complexity index is 612. The zero-order valence-electron chi connectivity index (χ0n) is 16.0. The van der Waals surface area contributed by atoms with Crippen molar-refractivity contribution < 1.29 is 19.4 Å². The van der Waals surface area contributed by atoms with Gasteiger partial charge in [0.1, 0.15) is 11.1 Å². The Labute approximate surface area is 155 Å². The van der Waals surface area contributed by atoms with Crippen molar-refractivity contribution in [2.24, 2.45) is 0 Å². The molecule has 0 saturated carbocycles. The fourth-order valence-corrected chi connectivity index (χ4v) is 3.39. The van der Waals surface area contributed by atoms with Gasteiger partial charge in [-0.2, -0.15) is 0 Å². The molecule has 0 bridgehead atoms. The lowest BCUT2D eigenvalue weighted by molar-refractivity contribution is -0.150. The summed E-state index contributed by atoms with van der Waals surface area (Å²) in [5.41, 5.74) is -0.602. The predicted molar refractivity (Wildman–Crippen MR) is 99.9 cm³/mol. The number of nitrogens with one attached hydrogen (secondary N) is 1. The monoisotopic (exact) mass is 362 g/mol. The second-order valence-corrected chi connectivity index (χ2v) is 7.84. The number of benzene rings is 1. The van der Waals surface area contributed by atoms with E-state index in [1.54, 1.807) is 20.8 Å². The molecule has 1 atom stereocenters. The van der Waals surface area contributed by atoms with Crippen molar-refractivity contribution >= 4 is 12.1 Å². The molecule has 2 N–H and O–H groups in total. The average Bonchev–Trinajstić information content (AvgIpc) is 2.99. The predicted octanol–water partition coefficient (Wildman–Crippen LogP) is 3.41. The van der Waals surface area contributed by atoms with Crippen molar-refractivity contribution in [1.29, 1.82) is 0 Å². The van der Waals surface area contributed by atoms with Gasteiger partial charge >= 0.3 is 12.1 Å². The van der Waals surface area contributed by atoms with Crippen molar-refractivity contribution in [1.82, 2.24) is 10.2 Å². The fraction of sp³-hybridized carbons (Fsp3) is 0.600. The molecule has 144 valence electrons. The first-order valence-corrected chi connectivity index (χ1v) is 9.23. The topological polar surface area (TPSA) is 78.9 Å². The molecule has 0 radical (unpaired) electrons. The lowest BCUT2D eigenvalue weighted by Gasteiger charge is -2.36. The molecule has 1 heterocycles. The number of aliphatic carboxylic acids is 1. The number of carbonyl (C=O) groups is 2. The summed E-state index contributed by atoms with van der Waals surface area (Å²) < 4.78 is 5.42. The summed E-state index contributed by atoms with van der Waals surface area (Å²) in [6.45, 7) is 7.24. The molecule has 6 heteroatoms. The molecule has 0 spiro atoms. The maximum Gasteiger partial charge on any atom is 0.411 e. The van der Waals surface area contributed by atoms with Crippen molar-refractivity contribution in [2.45, 2.75) is 64.1 Å². The Morgan fingerprint density at radius 2 is 1.96 bits per heavy atom. The Morgan fingerprint density at radius 1 is 1.27 bits per heavy atom. The highest BCUT2D eigenvalue weighted by Gasteiger charge is 2.50. The lowest BCUT2D eigenvalue weighted by Crippen LogP contribution is -2.54. The summed E-state index contributed by atoms with van der Waals surface area (Å²) in [5.74, 6) is -0.941. The molecular weight excluding hydrogens is 332 g/mol. The first-order chi connectivity index (χ1) is 12.2. The number of hydrogen-bond donors (Lipinski definition) is 2. The van der Waals surface area contributed by atoms with Gasteiger partial charge in [-0.3, -0.25) is 4.90 Å². The van der Waals surface area contributed by atoms with E-state index in [9.17, 15) is 14.7 Å². The van der Waals surface area contributed by atoms with Crippen LogP contribution in [-0.4, -0.2) is 46.3 Å². The molecule has 1 aromatic rings. The van der Waals surface area contributed by atoms with Gasteiger partial charge in [0, 0.05) is 13.1 Å². The highest BCUT2D eigenvalue weighted by atomic mass is 16.6. The Balaban J connectivity index is 1.91. The van der Waals surface area contributed by atoms with Gasteiger partial charge < -0.3 is 15.2 Å². The van der Waals surface area contributed by atoms with Gasteiger partial charge in [-0.25, -0.2) is 9.59 Å². The van der Waals surface area contributed by atoms with Crippen molar-refractivity contribution in [2.75, 3.05) is 13.1 Å². The first kappa shape index (κ1) is 20.2. The van der Waals surface area contributed by atoms with Gasteiger partial charge in [-0.1, -0.05) is 30.3 Å². The van der Waals surface area contributed by atoms with E-state index in [1.165, 1.54) is 10.5 Å². The number of nitrogens with zero attached hydrogens (tertiary/aromatic N) is 1. The number of rotatable bonds is 7. The molecule has 0 aromatic heterocycles. The van der Waals surface area contributed by atoms with E-state index in [1.807, 2.05) is 30.3 Å². The van der Waals surface area contributed by atoms with Crippen molar-refractivity contribution in [3.8, 4) is 0 Å². The highest BCUT2D eigenvalue weighted by molar-refractivity contribution is 5.85. The molecule has 1 saturated heterocycles. The Morgan fingerprint density at radius 3 is 2.58 bits per heavy atom. The molecule has 6 nitrogen and oxygen atoms in total. The molecule has 1 fully saturated rings. The molecule has 1 amide bonds. The second kappa shape index (κ2) is 8.54. The minimum absolute atomic E-state index is 0.420. The normalized spacial score (nSPS) is 20.2. The van der Waals surface area contributed by atoms with Crippen LogP contribution in [0.1, 0.15) is 52.0 Å². The van der Waals surface area contributed by atoms with E-state index in [-0.39, 0.29) is 0 Å². The van der Waals surface area contributed by atoms with Gasteiger partial charge in [0.15, 0.2) is 0 Å². The maximum absolute atomic E-state index is 12.5. The van der Waals surface area contributed by atoms with Crippen LogP contribution >= 0.6 is 0 Å². The van der Waals surface area contributed by atoms with Gasteiger partial charge in [-0.15, -0.1) is 0 Å². The van der Waals surface area contributed by atoms with Crippen LogP contribution in [0.2, 0.25) is 0 Å². The number of ether oxygens (including phenoxy) is 1. The zero-order chi connectivity index (χ0) is 19.2. The molecular formula is C20H30N2O4. The number of amides is 1. The first-order valence-electron chi connectivity index (χ1n) is 9.23. The van der Waals surface area contributed by atoms with Gasteiger partial charge in [0.25, 0.3) is 0 Å². The minimum atomic E-state index is -1.16.